The van der Waals surface area contributed by atoms with Crippen LogP contribution in [-0.2, 0) is 9.53 Å². The van der Waals surface area contributed by atoms with Crippen LogP contribution in [0, 0.1) is 0 Å². The molecular formula is C15H13Cl2NO2S2. The normalized spacial score (nSPS) is 23.8. The third-order valence-electron chi connectivity index (χ3n) is 3.53. The molecule has 2 fully saturated rings. The van der Waals surface area contributed by atoms with Crippen LogP contribution in [0.2, 0.25) is 10.0 Å². The number of halogens is 2. The zero-order chi connectivity index (χ0) is 15.7. The first-order valence-corrected chi connectivity index (χ1v) is 8.84. The van der Waals surface area contributed by atoms with Gasteiger partial charge in [0, 0.05) is 16.7 Å². The Hall–Kier alpha value is -0.590. The number of thiocarbonyl (C=S) groups is 1. The largest absolute Gasteiger partial charge is 0.376 e. The molecule has 3 nitrogen and oxygen atoms in total. The molecule has 0 saturated carbocycles. The van der Waals surface area contributed by atoms with E-state index in [2.05, 4.69) is 0 Å². The van der Waals surface area contributed by atoms with E-state index in [1.165, 1.54) is 11.8 Å². The van der Waals surface area contributed by atoms with Crippen molar-refractivity contribution in [3.63, 3.8) is 0 Å². The Balaban J connectivity index is 1.79. The monoisotopic (exact) mass is 373 g/mol. The van der Waals surface area contributed by atoms with Crippen molar-refractivity contribution >= 4 is 63.5 Å². The van der Waals surface area contributed by atoms with Crippen LogP contribution in [0.1, 0.15) is 18.4 Å². The highest BCUT2D eigenvalue weighted by Crippen LogP contribution is 2.35. The maximum atomic E-state index is 12.5. The molecule has 0 spiro atoms. The molecule has 2 aliphatic rings. The summed E-state index contributed by atoms with van der Waals surface area (Å²) in [5, 5.41) is 1.07. The van der Waals surface area contributed by atoms with Crippen molar-refractivity contribution in [1.29, 1.82) is 0 Å². The average Bonchev–Trinajstić information content (AvgIpc) is 3.06. The summed E-state index contributed by atoms with van der Waals surface area (Å²) >= 11 is 18.6. The number of hydrogen-bond acceptors (Lipinski definition) is 4. The Kier molecular flexibility index (Phi) is 5.10. The van der Waals surface area contributed by atoms with Crippen molar-refractivity contribution < 1.29 is 9.53 Å². The van der Waals surface area contributed by atoms with Crippen molar-refractivity contribution in [2.75, 3.05) is 13.2 Å². The summed E-state index contributed by atoms with van der Waals surface area (Å²) in [6.07, 6.45) is 3.85. The van der Waals surface area contributed by atoms with Crippen LogP contribution in [0.4, 0.5) is 0 Å². The van der Waals surface area contributed by atoms with Gasteiger partial charge in [0.2, 0.25) is 0 Å². The highest BCUT2D eigenvalue weighted by Gasteiger charge is 2.34. The third kappa shape index (κ3) is 3.49. The summed E-state index contributed by atoms with van der Waals surface area (Å²) < 4.78 is 6.15. The van der Waals surface area contributed by atoms with E-state index in [1.807, 2.05) is 0 Å². The van der Waals surface area contributed by atoms with Gasteiger partial charge < -0.3 is 4.74 Å². The number of thioether (sulfide) groups is 1. The van der Waals surface area contributed by atoms with Gasteiger partial charge in [-0.15, -0.1) is 0 Å². The topological polar surface area (TPSA) is 29.5 Å². The van der Waals surface area contributed by atoms with E-state index in [0.717, 1.165) is 25.0 Å². The maximum absolute atomic E-state index is 12.5. The lowest BCUT2D eigenvalue weighted by molar-refractivity contribution is -0.123. The molecule has 3 rings (SSSR count). The number of nitrogens with zero attached hydrogens (tertiary/aromatic N) is 1. The van der Waals surface area contributed by atoms with Gasteiger partial charge in [-0.25, -0.2) is 0 Å². The molecule has 0 radical (unpaired) electrons. The molecule has 2 saturated heterocycles. The quantitative estimate of drug-likeness (QED) is 0.580. The molecule has 1 aromatic rings. The Bertz CT molecular complexity index is 657. The molecule has 0 aliphatic carbocycles. The second-order valence-electron chi connectivity index (χ2n) is 5.09. The first-order chi connectivity index (χ1) is 10.5. The summed E-state index contributed by atoms with van der Waals surface area (Å²) in [7, 11) is 0. The van der Waals surface area contributed by atoms with E-state index < -0.39 is 0 Å². The van der Waals surface area contributed by atoms with E-state index in [0.29, 0.717) is 25.8 Å². The Labute approximate surface area is 148 Å². The lowest BCUT2D eigenvalue weighted by Crippen LogP contribution is -2.35. The number of carbonyl (C=O) groups is 1. The van der Waals surface area contributed by atoms with Gasteiger partial charge in [0.1, 0.15) is 4.32 Å². The zero-order valence-electron chi connectivity index (χ0n) is 11.6. The molecule has 2 heterocycles. The standard InChI is InChI=1S/C15H13Cl2NO2S2/c16-10-4-3-9(12(17)7-10)6-13-14(19)18(15(21)22-13)8-11-2-1-5-20-11/h3-4,6-7,11H,1-2,5,8H2/b13-6-. The van der Waals surface area contributed by atoms with E-state index in [9.17, 15) is 4.79 Å². The summed E-state index contributed by atoms with van der Waals surface area (Å²) in [4.78, 5) is 14.7. The van der Waals surface area contributed by atoms with Crippen molar-refractivity contribution in [3.8, 4) is 0 Å². The molecule has 1 amide bonds. The molecule has 116 valence electrons. The van der Waals surface area contributed by atoms with Crippen LogP contribution in [0.15, 0.2) is 23.1 Å². The van der Waals surface area contributed by atoms with E-state index in [-0.39, 0.29) is 12.0 Å². The Morgan fingerprint density at radius 2 is 2.27 bits per heavy atom. The van der Waals surface area contributed by atoms with E-state index >= 15 is 0 Å². The van der Waals surface area contributed by atoms with Gasteiger partial charge in [0.15, 0.2) is 0 Å². The predicted molar refractivity (Wildman–Crippen MR) is 95.3 cm³/mol. The summed E-state index contributed by atoms with van der Waals surface area (Å²) in [6, 6.07) is 5.19. The number of hydrogen-bond donors (Lipinski definition) is 0. The number of benzene rings is 1. The second-order valence-corrected chi connectivity index (χ2v) is 7.61. The maximum Gasteiger partial charge on any atom is 0.266 e. The van der Waals surface area contributed by atoms with Crippen molar-refractivity contribution in [1.82, 2.24) is 4.90 Å². The van der Waals surface area contributed by atoms with Crippen molar-refractivity contribution in [2.24, 2.45) is 0 Å². The van der Waals surface area contributed by atoms with E-state index in [4.69, 9.17) is 40.2 Å². The number of amides is 1. The van der Waals surface area contributed by atoms with Crippen molar-refractivity contribution in [2.45, 2.75) is 18.9 Å². The van der Waals surface area contributed by atoms with Crippen LogP contribution in [0.3, 0.4) is 0 Å². The summed E-state index contributed by atoms with van der Waals surface area (Å²) in [6.45, 7) is 1.28. The highest BCUT2D eigenvalue weighted by atomic mass is 35.5. The number of ether oxygens (including phenoxy) is 1. The molecule has 22 heavy (non-hydrogen) atoms. The fraction of sp³-hybridized carbons (Fsp3) is 0.333. The lowest BCUT2D eigenvalue weighted by Gasteiger charge is -2.18. The van der Waals surface area contributed by atoms with Gasteiger partial charge in [-0.1, -0.05) is 53.2 Å². The van der Waals surface area contributed by atoms with Crippen LogP contribution in [0.25, 0.3) is 6.08 Å². The minimum absolute atomic E-state index is 0.0842. The second kappa shape index (κ2) is 6.89. The smallest absolute Gasteiger partial charge is 0.266 e. The van der Waals surface area contributed by atoms with Gasteiger partial charge in [0.25, 0.3) is 5.91 Å². The summed E-state index contributed by atoms with van der Waals surface area (Å²) in [5.41, 5.74) is 0.753. The summed E-state index contributed by atoms with van der Waals surface area (Å²) in [5.74, 6) is -0.0866. The van der Waals surface area contributed by atoms with Gasteiger partial charge >= 0.3 is 0 Å². The molecule has 0 N–H and O–H groups in total. The molecule has 1 aromatic carbocycles. The van der Waals surface area contributed by atoms with Gasteiger partial charge in [-0.2, -0.15) is 0 Å². The lowest BCUT2D eigenvalue weighted by atomic mass is 10.2. The minimum atomic E-state index is -0.0866. The van der Waals surface area contributed by atoms with Crippen LogP contribution < -0.4 is 0 Å². The van der Waals surface area contributed by atoms with Crippen LogP contribution in [0.5, 0.6) is 0 Å². The third-order valence-corrected chi connectivity index (χ3v) is 5.47. The number of rotatable bonds is 3. The first kappa shape index (κ1) is 16.3. The molecule has 1 unspecified atom stereocenters. The molecule has 1 atom stereocenters. The van der Waals surface area contributed by atoms with Gasteiger partial charge in [0.05, 0.1) is 17.6 Å². The van der Waals surface area contributed by atoms with Gasteiger partial charge in [-0.3, -0.25) is 9.69 Å². The molecule has 2 aliphatic heterocycles. The number of carbonyl (C=O) groups excluding carboxylic acids is 1. The molecular weight excluding hydrogens is 361 g/mol. The SMILES string of the molecule is O=C1/C(=C/c2ccc(Cl)cc2Cl)SC(=S)N1CC1CCCO1. The fourth-order valence-corrected chi connectivity index (χ4v) is 4.14. The van der Waals surface area contributed by atoms with Gasteiger partial charge in [-0.05, 0) is 36.6 Å². The van der Waals surface area contributed by atoms with Crippen LogP contribution >= 0.6 is 47.2 Å². The highest BCUT2D eigenvalue weighted by molar-refractivity contribution is 8.26. The van der Waals surface area contributed by atoms with Crippen molar-refractivity contribution in [3.05, 3.63) is 38.7 Å². The molecule has 0 bridgehead atoms. The van der Waals surface area contributed by atoms with Crippen LogP contribution in [-0.4, -0.2) is 34.4 Å². The zero-order valence-corrected chi connectivity index (χ0v) is 14.7. The average molecular weight is 374 g/mol. The molecule has 7 heteroatoms. The minimum Gasteiger partial charge on any atom is -0.376 e. The van der Waals surface area contributed by atoms with E-state index in [1.54, 1.807) is 29.2 Å². The fourth-order valence-electron chi connectivity index (χ4n) is 2.41. The predicted octanol–water partition coefficient (Wildman–Crippen LogP) is 4.37. The Morgan fingerprint density at radius 3 is 2.95 bits per heavy atom. The first-order valence-electron chi connectivity index (χ1n) is 6.86. The Morgan fingerprint density at radius 1 is 1.45 bits per heavy atom. The molecule has 0 aromatic heterocycles.